The molecule has 3 aliphatic rings. The van der Waals surface area contributed by atoms with Crippen LogP contribution < -0.4 is 14.0 Å². The number of aromatic nitrogens is 3. The summed E-state index contributed by atoms with van der Waals surface area (Å²) in [5.41, 5.74) is 14.1. The van der Waals surface area contributed by atoms with Gasteiger partial charge in [-0.3, -0.25) is 0 Å². The molecule has 5 heterocycles. The van der Waals surface area contributed by atoms with Gasteiger partial charge in [0.1, 0.15) is 11.4 Å². The molecule has 1 unspecified atom stereocenters. The summed E-state index contributed by atoms with van der Waals surface area (Å²) < 4.78 is 14.1. The summed E-state index contributed by atoms with van der Waals surface area (Å²) in [6.07, 6.45) is 6.57. The lowest BCUT2D eigenvalue weighted by Gasteiger charge is -2.27. The van der Waals surface area contributed by atoms with Crippen LogP contribution in [-0.4, -0.2) is 4.68 Å². The quantitative estimate of drug-likeness (QED) is 0.226. The first-order valence-corrected chi connectivity index (χ1v) is 13.9. The molecule has 0 saturated heterocycles. The zero-order valence-electron chi connectivity index (χ0n) is 22.6. The van der Waals surface area contributed by atoms with Crippen molar-refractivity contribution in [2.45, 2.75) is 26.4 Å². The molecule has 0 aliphatic carbocycles. The Bertz CT molecular complexity index is 2050. The molecular weight excluding hydrogens is 490 g/mol. The van der Waals surface area contributed by atoms with Crippen molar-refractivity contribution in [3.8, 4) is 50.7 Å². The van der Waals surface area contributed by atoms with Gasteiger partial charge in [-0.25, -0.2) is 0 Å². The van der Waals surface area contributed by atoms with Gasteiger partial charge < -0.3 is 4.74 Å². The highest BCUT2D eigenvalue weighted by Gasteiger charge is 2.72. The van der Waals surface area contributed by atoms with Gasteiger partial charge in [0.05, 0.1) is 11.8 Å². The molecule has 2 aromatic heterocycles. The number of nitrogens with zero attached hydrogens (tertiary/aromatic N) is 3. The van der Waals surface area contributed by atoms with Crippen LogP contribution in [-0.2, 0) is 5.66 Å². The summed E-state index contributed by atoms with van der Waals surface area (Å²) in [5.74, 6) is 1.88. The van der Waals surface area contributed by atoms with Crippen LogP contribution in [0, 0.1) is 20.8 Å². The first kappa shape index (κ1) is 21.9. The van der Waals surface area contributed by atoms with Gasteiger partial charge in [-0.1, -0.05) is 48.5 Å². The highest BCUT2D eigenvalue weighted by Crippen LogP contribution is 2.59. The van der Waals surface area contributed by atoms with Crippen LogP contribution in [0.5, 0.6) is 11.5 Å². The Kier molecular flexibility index (Phi) is 4.03. The van der Waals surface area contributed by atoms with Crippen molar-refractivity contribution in [1.29, 1.82) is 0 Å². The Morgan fingerprint density at radius 3 is 2.27 bits per heavy atom. The van der Waals surface area contributed by atoms with Crippen molar-refractivity contribution in [1.82, 2.24) is 4.68 Å². The molecule has 40 heavy (non-hydrogen) atoms. The lowest BCUT2D eigenvalue weighted by atomic mass is 9.81. The molecule has 4 aromatic carbocycles. The molecule has 1 spiro atoms. The first-order valence-electron chi connectivity index (χ1n) is 13.9. The van der Waals surface area contributed by atoms with Crippen LogP contribution in [0.25, 0.3) is 39.2 Å². The highest BCUT2D eigenvalue weighted by atomic mass is 16.5. The van der Waals surface area contributed by atoms with Crippen molar-refractivity contribution in [3.63, 3.8) is 0 Å². The van der Waals surface area contributed by atoms with Gasteiger partial charge in [0.2, 0.25) is 11.9 Å². The van der Waals surface area contributed by atoms with Crippen LogP contribution in [0.2, 0.25) is 0 Å². The Morgan fingerprint density at radius 2 is 1.45 bits per heavy atom. The number of hydrogen-bond donors (Lipinski definition) is 0. The summed E-state index contributed by atoms with van der Waals surface area (Å²) in [6.45, 7) is 6.70. The monoisotopic (exact) mass is 517 g/mol. The second-order valence-electron chi connectivity index (χ2n) is 11.2. The van der Waals surface area contributed by atoms with Gasteiger partial charge in [-0.05, 0) is 83.1 Å². The molecule has 1 atom stereocenters. The third-order valence-corrected chi connectivity index (χ3v) is 9.03. The highest BCUT2D eigenvalue weighted by molar-refractivity contribution is 5.89. The number of rotatable bonds is 2. The van der Waals surface area contributed by atoms with Crippen LogP contribution in [0.15, 0.2) is 110 Å². The van der Waals surface area contributed by atoms with E-state index in [0.717, 1.165) is 17.2 Å². The molecule has 6 aromatic rings. The Hall–Kier alpha value is -4.96. The van der Waals surface area contributed by atoms with E-state index in [2.05, 4.69) is 144 Å². The summed E-state index contributed by atoms with van der Waals surface area (Å²) >= 11 is 0. The maximum atomic E-state index is 7.04. The third-order valence-electron chi connectivity index (χ3n) is 9.03. The van der Waals surface area contributed by atoms with E-state index >= 15 is 0 Å². The van der Waals surface area contributed by atoms with E-state index < -0.39 is 5.66 Å². The van der Waals surface area contributed by atoms with Crippen molar-refractivity contribution in [3.05, 3.63) is 137 Å². The molecule has 0 N–H and O–H groups in total. The van der Waals surface area contributed by atoms with Gasteiger partial charge in [-0.2, -0.15) is 0 Å². The molecule has 0 fully saturated rings. The molecule has 190 valence electrons. The predicted molar refractivity (Wildman–Crippen MR) is 155 cm³/mol. The minimum Gasteiger partial charge on any atom is -0.455 e. The molecule has 3 aliphatic heterocycles. The van der Waals surface area contributed by atoms with Gasteiger partial charge in [0.15, 0.2) is 23.1 Å². The van der Waals surface area contributed by atoms with Crippen LogP contribution in [0.3, 0.4) is 0 Å². The number of benzene rings is 4. The number of pyridine rings is 1. The van der Waals surface area contributed by atoms with Crippen molar-refractivity contribution in [2.24, 2.45) is 0 Å². The van der Waals surface area contributed by atoms with Crippen molar-refractivity contribution in [2.75, 3.05) is 0 Å². The van der Waals surface area contributed by atoms with E-state index in [0.29, 0.717) is 0 Å². The molecule has 4 nitrogen and oxygen atoms in total. The number of hydrogen-bond acceptors (Lipinski definition) is 1. The molecule has 0 saturated carbocycles. The summed E-state index contributed by atoms with van der Waals surface area (Å²) in [4.78, 5) is 0. The fourth-order valence-electron chi connectivity index (χ4n) is 7.61. The largest absolute Gasteiger partial charge is 0.455 e. The number of fused-ring (bicyclic) bond motifs is 4. The maximum absolute atomic E-state index is 7.04. The molecule has 0 amide bonds. The smallest absolute Gasteiger partial charge is 0.447 e. The summed E-state index contributed by atoms with van der Waals surface area (Å²) in [7, 11) is 0. The topological polar surface area (TPSA) is 21.9 Å². The summed E-state index contributed by atoms with van der Waals surface area (Å²) in [6, 6.07) is 32.7. The molecule has 0 bridgehead atoms. The van der Waals surface area contributed by atoms with Gasteiger partial charge in [0.25, 0.3) is 0 Å². The molecule has 9 rings (SSSR count). The SMILES string of the molecule is Cc1cc(-c2ccccc2)cc(C)c1-c1c(C)cc2c3c1Oc1cccc4c1C3([n+]1ccccc1-2)[n+]1cccn1-4. The lowest BCUT2D eigenvalue weighted by molar-refractivity contribution is -0.988. The van der Waals surface area contributed by atoms with E-state index in [1.807, 2.05) is 0 Å². The minimum absolute atomic E-state index is 0.552. The van der Waals surface area contributed by atoms with Crippen molar-refractivity contribution < 1.29 is 14.0 Å². The number of aryl methyl sites for hydroxylation is 3. The van der Waals surface area contributed by atoms with E-state index in [1.165, 1.54) is 61.3 Å². The fraction of sp³-hybridized carbons (Fsp3) is 0.111. The van der Waals surface area contributed by atoms with Crippen LogP contribution in [0.4, 0.5) is 0 Å². The molecular formula is C36H27N3O+2. The first-order chi connectivity index (χ1) is 19.6. The second-order valence-corrected chi connectivity index (χ2v) is 11.2. The average molecular weight is 518 g/mol. The van der Waals surface area contributed by atoms with Crippen molar-refractivity contribution >= 4 is 0 Å². The van der Waals surface area contributed by atoms with E-state index in [4.69, 9.17) is 4.74 Å². The van der Waals surface area contributed by atoms with Gasteiger partial charge >= 0.3 is 5.66 Å². The van der Waals surface area contributed by atoms with Crippen LogP contribution in [0.1, 0.15) is 27.8 Å². The Morgan fingerprint density at radius 1 is 0.675 bits per heavy atom. The van der Waals surface area contributed by atoms with Gasteiger partial charge in [0, 0.05) is 23.8 Å². The number of ether oxygens (including phenoxy) is 1. The van der Waals surface area contributed by atoms with Crippen LogP contribution >= 0.6 is 0 Å². The Labute approximate surface area is 233 Å². The van der Waals surface area contributed by atoms with E-state index in [1.54, 1.807) is 0 Å². The maximum Gasteiger partial charge on any atom is 0.447 e. The molecule has 0 radical (unpaired) electrons. The zero-order chi connectivity index (χ0) is 26.7. The predicted octanol–water partition coefficient (Wildman–Crippen LogP) is 7.01. The second kappa shape index (κ2) is 7.36. The Balaban J connectivity index is 1.40. The normalized spacial score (nSPS) is 16.7. The van der Waals surface area contributed by atoms with E-state index in [9.17, 15) is 0 Å². The molecule has 4 heteroatoms. The summed E-state index contributed by atoms with van der Waals surface area (Å²) in [5, 5.41) is 0. The minimum atomic E-state index is -0.552. The average Bonchev–Trinajstić information content (AvgIpc) is 3.64. The third kappa shape index (κ3) is 2.43. The van der Waals surface area contributed by atoms with Gasteiger partial charge in [-0.15, -0.1) is 9.25 Å². The van der Waals surface area contributed by atoms with E-state index in [-0.39, 0.29) is 0 Å². The fourth-order valence-corrected chi connectivity index (χ4v) is 7.61. The lowest BCUT2D eigenvalue weighted by Crippen LogP contribution is -2.73. The standard InChI is InChI=1S/C36H27N3O/c1-22-19-26(25-11-5-4-6-12-25)20-23(2)31(22)32-24(3)21-27-28-13-7-8-16-37(28)36-33(27)35(32)40-30-15-9-14-29(34(30)36)38-17-10-18-39(36)38/h4-21H,1-3H3/q+2. The zero-order valence-corrected chi connectivity index (χ0v) is 22.6.